The van der Waals surface area contributed by atoms with Gasteiger partial charge < -0.3 is 9.57 Å². The van der Waals surface area contributed by atoms with Crippen LogP contribution in [0.4, 0.5) is 0 Å². The molecule has 0 unspecified atom stereocenters. The average Bonchev–Trinajstić information content (AvgIpc) is 2.36. The number of nitrogens with two attached hydrogens (primary N) is 1. The molecule has 2 N–H and O–H groups in total. The maximum atomic E-state index is 11.7. The molecular formula is C12H15NO4. The van der Waals surface area contributed by atoms with Crippen molar-refractivity contribution in [1.82, 2.24) is 0 Å². The molecule has 0 heterocycles. The van der Waals surface area contributed by atoms with Crippen molar-refractivity contribution >= 4 is 11.8 Å². The highest BCUT2D eigenvalue weighted by Crippen LogP contribution is 2.12. The molecule has 5 heteroatoms. The molecule has 1 rings (SSSR count). The first-order valence-corrected chi connectivity index (χ1v) is 5.33. The second-order valence-corrected chi connectivity index (χ2v) is 3.37. The van der Waals surface area contributed by atoms with E-state index in [1.165, 1.54) is 0 Å². The molecule has 0 saturated heterocycles. The van der Waals surface area contributed by atoms with Crippen LogP contribution < -0.4 is 10.7 Å². The van der Waals surface area contributed by atoms with Gasteiger partial charge in [-0.1, -0.05) is 0 Å². The Labute approximate surface area is 99.5 Å². The Morgan fingerprint density at radius 3 is 2.35 bits per heavy atom. The summed E-state index contributed by atoms with van der Waals surface area (Å²) in [5, 5.41) is 0. The number of rotatable bonds is 6. The summed E-state index contributed by atoms with van der Waals surface area (Å²) in [6.07, 6.45) is 0.240. The van der Waals surface area contributed by atoms with E-state index in [0.29, 0.717) is 17.9 Å². The van der Waals surface area contributed by atoms with Gasteiger partial charge >= 0.3 is 5.97 Å². The van der Waals surface area contributed by atoms with E-state index in [-0.39, 0.29) is 24.6 Å². The van der Waals surface area contributed by atoms with E-state index in [1.807, 2.05) is 0 Å². The SMILES string of the molecule is CCOC(=O)CCC(=O)c1ccc(ON)cc1. The summed E-state index contributed by atoms with van der Waals surface area (Å²) in [6, 6.07) is 6.40. The van der Waals surface area contributed by atoms with Crippen LogP contribution in [0.2, 0.25) is 0 Å². The highest BCUT2D eigenvalue weighted by Gasteiger charge is 2.09. The summed E-state index contributed by atoms with van der Waals surface area (Å²) in [6.45, 7) is 2.06. The molecule has 1 aromatic carbocycles. The lowest BCUT2D eigenvalue weighted by Crippen LogP contribution is -2.08. The second-order valence-electron chi connectivity index (χ2n) is 3.37. The third-order valence-electron chi connectivity index (χ3n) is 2.17. The van der Waals surface area contributed by atoms with Crippen molar-refractivity contribution in [1.29, 1.82) is 0 Å². The summed E-state index contributed by atoms with van der Waals surface area (Å²) in [5.74, 6) is 4.97. The minimum Gasteiger partial charge on any atom is -0.466 e. The quantitative estimate of drug-likeness (QED) is 0.460. The van der Waals surface area contributed by atoms with Crippen molar-refractivity contribution in [2.45, 2.75) is 19.8 Å². The van der Waals surface area contributed by atoms with Gasteiger partial charge in [-0.15, -0.1) is 0 Å². The number of benzene rings is 1. The lowest BCUT2D eigenvalue weighted by molar-refractivity contribution is -0.143. The molecule has 17 heavy (non-hydrogen) atoms. The van der Waals surface area contributed by atoms with E-state index in [1.54, 1.807) is 31.2 Å². The van der Waals surface area contributed by atoms with Gasteiger partial charge in [0.15, 0.2) is 5.78 Å². The number of Topliss-reactive ketones (excluding diaryl/α,β-unsaturated/α-hetero) is 1. The van der Waals surface area contributed by atoms with Crippen molar-refractivity contribution in [3.63, 3.8) is 0 Å². The third-order valence-corrected chi connectivity index (χ3v) is 2.17. The molecule has 0 radical (unpaired) electrons. The van der Waals surface area contributed by atoms with Gasteiger partial charge in [0.2, 0.25) is 0 Å². The molecule has 0 aliphatic heterocycles. The molecule has 0 aliphatic carbocycles. The Morgan fingerprint density at radius 1 is 1.18 bits per heavy atom. The van der Waals surface area contributed by atoms with Crippen LogP contribution in [0.25, 0.3) is 0 Å². The molecule has 5 nitrogen and oxygen atoms in total. The zero-order valence-corrected chi connectivity index (χ0v) is 9.64. The maximum absolute atomic E-state index is 11.7. The number of ether oxygens (including phenoxy) is 1. The topological polar surface area (TPSA) is 78.6 Å². The molecule has 0 amide bonds. The van der Waals surface area contributed by atoms with Crippen LogP contribution in [0.15, 0.2) is 24.3 Å². The number of carbonyl (C=O) groups excluding carboxylic acids is 2. The van der Waals surface area contributed by atoms with Gasteiger partial charge in [0, 0.05) is 12.0 Å². The molecule has 0 aliphatic rings. The van der Waals surface area contributed by atoms with Crippen molar-refractivity contribution < 1.29 is 19.2 Å². The van der Waals surface area contributed by atoms with Gasteiger partial charge in [-0.05, 0) is 31.2 Å². The third kappa shape index (κ3) is 4.24. The van der Waals surface area contributed by atoms with Crippen LogP contribution in [-0.4, -0.2) is 18.4 Å². The summed E-state index contributed by atoms with van der Waals surface area (Å²) in [5.41, 5.74) is 0.523. The Balaban J connectivity index is 2.49. The zero-order chi connectivity index (χ0) is 12.7. The van der Waals surface area contributed by atoms with E-state index in [9.17, 15) is 9.59 Å². The highest BCUT2D eigenvalue weighted by molar-refractivity contribution is 5.97. The Morgan fingerprint density at radius 2 is 1.82 bits per heavy atom. The number of esters is 1. The van der Waals surface area contributed by atoms with Gasteiger partial charge in [0.05, 0.1) is 13.0 Å². The Bertz CT molecular complexity index is 386. The van der Waals surface area contributed by atoms with Gasteiger partial charge in [-0.2, -0.15) is 5.90 Å². The molecule has 0 saturated carbocycles. The van der Waals surface area contributed by atoms with E-state index in [4.69, 9.17) is 10.6 Å². The monoisotopic (exact) mass is 237 g/mol. The molecule has 1 aromatic rings. The first-order chi connectivity index (χ1) is 8.17. The van der Waals surface area contributed by atoms with E-state index < -0.39 is 0 Å². The second kappa shape index (κ2) is 6.65. The van der Waals surface area contributed by atoms with Crippen LogP contribution in [0, 0.1) is 0 Å². The number of carbonyl (C=O) groups is 2. The maximum Gasteiger partial charge on any atom is 0.306 e. The number of ketones is 1. The van der Waals surface area contributed by atoms with Crippen molar-refractivity contribution in [2.24, 2.45) is 5.90 Å². The van der Waals surface area contributed by atoms with Gasteiger partial charge in [0.25, 0.3) is 0 Å². The molecule has 0 bridgehead atoms. The summed E-state index contributed by atoms with van der Waals surface area (Å²) < 4.78 is 4.74. The Kier molecular flexibility index (Phi) is 5.16. The smallest absolute Gasteiger partial charge is 0.306 e. The molecule has 0 fully saturated rings. The average molecular weight is 237 g/mol. The first kappa shape index (κ1) is 13.2. The van der Waals surface area contributed by atoms with Crippen molar-refractivity contribution in [3.8, 4) is 5.75 Å². The van der Waals surface area contributed by atoms with Crippen LogP contribution in [0.3, 0.4) is 0 Å². The number of hydrogen-bond acceptors (Lipinski definition) is 5. The fraction of sp³-hybridized carbons (Fsp3) is 0.333. The van der Waals surface area contributed by atoms with Crippen molar-refractivity contribution in [3.05, 3.63) is 29.8 Å². The summed E-state index contributed by atoms with van der Waals surface area (Å²) in [4.78, 5) is 27.2. The predicted molar refractivity (Wildman–Crippen MR) is 61.5 cm³/mol. The van der Waals surface area contributed by atoms with E-state index in [0.717, 1.165) is 0 Å². The van der Waals surface area contributed by atoms with Crippen molar-refractivity contribution in [2.75, 3.05) is 6.61 Å². The summed E-state index contributed by atoms with van der Waals surface area (Å²) in [7, 11) is 0. The summed E-state index contributed by atoms with van der Waals surface area (Å²) >= 11 is 0. The molecule has 92 valence electrons. The molecule has 0 atom stereocenters. The Hall–Kier alpha value is -1.88. The molecule has 0 spiro atoms. The minimum absolute atomic E-state index is 0.0990. The van der Waals surface area contributed by atoms with Crippen LogP contribution >= 0.6 is 0 Å². The van der Waals surface area contributed by atoms with E-state index in [2.05, 4.69) is 4.84 Å². The predicted octanol–water partition coefficient (Wildman–Crippen LogP) is 1.47. The number of hydrogen-bond donors (Lipinski definition) is 1. The first-order valence-electron chi connectivity index (χ1n) is 5.33. The largest absolute Gasteiger partial charge is 0.466 e. The zero-order valence-electron chi connectivity index (χ0n) is 9.64. The lowest BCUT2D eigenvalue weighted by Gasteiger charge is -2.03. The van der Waals surface area contributed by atoms with Gasteiger partial charge in [0.1, 0.15) is 5.75 Å². The highest BCUT2D eigenvalue weighted by atomic mass is 16.6. The standard InChI is InChI=1S/C12H15NO4/c1-2-16-12(15)8-7-11(14)9-3-5-10(17-13)6-4-9/h3-6H,2,7-8,13H2,1H3. The van der Waals surface area contributed by atoms with Crippen LogP contribution in [0.5, 0.6) is 5.75 Å². The lowest BCUT2D eigenvalue weighted by atomic mass is 10.1. The fourth-order valence-corrected chi connectivity index (χ4v) is 1.31. The van der Waals surface area contributed by atoms with Crippen LogP contribution in [0.1, 0.15) is 30.1 Å². The van der Waals surface area contributed by atoms with E-state index >= 15 is 0 Å². The normalized spacial score (nSPS) is 9.76. The van der Waals surface area contributed by atoms with Gasteiger partial charge in [-0.25, -0.2) is 0 Å². The van der Waals surface area contributed by atoms with Gasteiger partial charge in [-0.3, -0.25) is 9.59 Å². The molecule has 0 aromatic heterocycles. The van der Waals surface area contributed by atoms with Crippen LogP contribution in [-0.2, 0) is 9.53 Å². The minimum atomic E-state index is -0.359. The molecular weight excluding hydrogens is 222 g/mol. The fourth-order valence-electron chi connectivity index (χ4n) is 1.31.